The Balaban J connectivity index is 1.87. The van der Waals surface area contributed by atoms with E-state index in [0.29, 0.717) is 18.7 Å². The molecule has 2 aromatic rings. The minimum absolute atomic E-state index is 0.0787. The van der Waals surface area contributed by atoms with Crippen molar-refractivity contribution in [3.8, 4) is 0 Å². The fourth-order valence-corrected chi connectivity index (χ4v) is 2.03. The van der Waals surface area contributed by atoms with Crippen LogP contribution >= 0.6 is 0 Å². The minimum atomic E-state index is -0.227. The number of benzene rings is 2. The summed E-state index contributed by atoms with van der Waals surface area (Å²) >= 11 is 0. The molecule has 0 radical (unpaired) electrons. The Hall–Kier alpha value is -2.20. The van der Waals surface area contributed by atoms with Gasteiger partial charge in [0.25, 0.3) is 5.91 Å². The van der Waals surface area contributed by atoms with Crippen LogP contribution in [0.2, 0.25) is 0 Å². The van der Waals surface area contributed by atoms with Crippen LogP contribution in [0.3, 0.4) is 0 Å². The van der Waals surface area contributed by atoms with E-state index in [4.69, 9.17) is 0 Å². The number of hydrogen-bond acceptors (Lipinski definition) is 1. The number of anilines is 1. The highest BCUT2D eigenvalue weighted by molar-refractivity contribution is 5.91. The summed E-state index contributed by atoms with van der Waals surface area (Å²) in [6.45, 7) is 0.776. The first-order valence-corrected chi connectivity index (χ1v) is 6.55. The van der Waals surface area contributed by atoms with Gasteiger partial charge in [0.2, 0.25) is 0 Å². The van der Waals surface area contributed by atoms with Gasteiger partial charge in [0.05, 0.1) is 7.05 Å². The lowest BCUT2D eigenvalue weighted by molar-refractivity contribution is -0.885. The van der Waals surface area contributed by atoms with Crippen molar-refractivity contribution in [2.45, 2.75) is 6.54 Å². The Bertz CT molecular complexity index is 572. The number of nitrogens with one attached hydrogen (secondary N) is 2. The maximum Gasteiger partial charge on any atom is 0.279 e. The molecule has 4 heteroatoms. The first-order valence-electron chi connectivity index (χ1n) is 6.55. The van der Waals surface area contributed by atoms with Crippen LogP contribution < -0.4 is 10.2 Å². The van der Waals surface area contributed by atoms with Gasteiger partial charge in [-0.1, -0.05) is 36.4 Å². The zero-order valence-electron chi connectivity index (χ0n) is 11.4. The van der Waals surface area contributed by atoms with Crippen molar-refractivity contribution in [3.63, 3.8) is 0 Å². The van der Waals surface area contributed by atoms with Crippen molar-refractivity contribution in [1.82, 2.24) is 0 Å². The van der Waals surface area contributed by atoms with Gasteiger partial charge in [0.1, 0.15) is 12.4 Å². The predicted octanol–water partition coefficient (Wildman–Crippen LogP) is 1.48. The summed E-state index contributed by atoms with van der Waals surface area (Å²) in [5.41, 5.74) is 1.40. The van der Waals surface area contributed by atoms with Gasteiger partial charge in [0, 0.05) is 11.3 Å². The molecule has 20 heavy (non-hydrogen) atoms. The fraction of sp³-hybridized carbons (Fsp3) is 0.188. The highest BCUT2D eigenvalue weighted by Gasteiger charge is 2.12. The molecule has 0 heterocycles. The molecule has 1 amide bonds. The van der Waals surface area contributed by atoms with E-state index >= 15 is 0 Å². The van der Waals surface area contributed by atoms with E-state index in [0.717, 1.165) is 10.6 Å². The van der Waals surface area contributed by atoms with Crippen LogP contribution in [-0.4, -0.2) is 19.5 Å². The molecule has 2 aromatic carbocycles. The lowest BCUT2D eigenvalue weighted by Gasteiger charge is -2.14. The molecular weight excluding hydrogens is 255 g/mol. The number of carbonyl (C=O) groups excluding carboxylic acids is 1. The highest BCUT2D eigenvalue weighted by atomic mass is 19.1. The number of amides is 1. The van der Waals surface area contributed by atoms with Gasteiger partial charge in [-0.15, -0.1) is 0 Å². The van der Waals surface area contributed by atoms with Crippen LogP contribution in [-0.2, 0) is 11.3 Å². The standard InChI is InChI=1S/C16H17FN2O/c1-19(11-13-7-5-6-10-15(13)17)12-16(20)18-14-8-3-2-4-9-14/h2-10H,11-12H2,1H3,(H,18,20)/p+1. The predicted molar refractivity (Wildman–Crippen MR) is 76.9 cm³/mol. The average Bonchev–Trinajstić information content (AvgIpc) is 2.42. The van der Waals surface area contributed by atoms with Crippen molar-refractivity contribution in [2.24, 2.45) is 0 Å². The van der Waals surface area contributed by atoms with Crippen LogP contribution in [0.4, 0.5) is 10.1 Å². The Kier molecular flexibility index (Phi) is 4.85. The minimum Gasteiger partial charge on any atom is -0.326 e. The third-order valence-corrected chi connectivity index (χ3v) is 2.97. The number of halogens is 1. The van der Waals surface area contributed by atoms with E-state index in [-0.39, 0.29) is 11.7 Å². The topological polar surface area (TPSA) is 33.5 Å². The van der Waals surface area contributed by atoms with Crippen molar-refractivity contribution in [3.05, 3.63) is 66.0 Å². The molecular formula is C16H18FN2O+. The lowest BCUT2D eigenvalue weighted by atomic mass is 10.2. The van der Waals surface area contributed by atoms with Crippen LogP contribution in [0.5, 0.6) is 0 Å². The van der Waals surface area contributed by atoms with Gasteiger partial charge < -0.3 is 10.2 Å². The van der Waals surface area contributed by atoms with Crippen molar-refractivity contribution >= 4 is 11.6 Å². The Morgan fingerprint density at radius 1 is 1.10 bits per heavy atom. The van der Waals surface area contributed by atoms with Crippen molar-refractivity contribution in [2.75, 3.05) is 18.9 Å². The molecule has 0 aromatic heterocycles. The quantitative estimate of drug-likeness (QED) is 0.850. The van der Waals surface area contributed by atoms with Crippen LogP contribution in [0.1, 0.15) is 5.56 Å². The SMILES string of the molecule is C[NH+](CC(=O)Nc1ccccc1)Cc1ccccc1F. The molecule has 0 aliphatic rings. The number of carbonyl (C=O) groups is 1. The molecule has 2 rings (SSSR count). The van der Waals surface area contributed by atoms with Crippen molar-refractivity contribution < 1.29 is 14.1 Å². The summed E-state index contributed by atoms with van der Waals surface area (Å²) in [7, 11) is 1.87. The van der Waals surface area contributed by atoms with E-state index in [1.807, 2.05) is 37.4 Å². The number of para-hydroxylation sites is 1. The molecule has 1 atom stereocenters. The summed E-state index contributed by atoms with van der Waals surface area (Å²) in [5.74, 6) is -0.305. The number of hydrogen-bond donors (Lipinski definition) is 2. The average molecular weight is 273 g/mol. The zero-order valence-corrected chi connectivity index (χ0v) is 11.4. The smallest absolute Gasteiger partial charge is 0.279 e. The third-order valence-electron chi connectivity index (χ3n) is 2.97. The summed E-state index contributed by atoms with van der Waals surface area (Å²) in [6.07, 6.45) is 0. The van der Waals surface area contributed by atoms with Crippen molar-refractivity contribution in [1.29, 1.82) is 0 Å². The van der Waals surface area contributed by atoms with E-state index in [1.165, 1.54) is 6.07 Å². The lowest BCUT2D eigenvalue weighted by Crippen LogP contribution is -3.08. The molecule has 1 unspecified atom stereocenters. The second-order valence-electron chi connectivity index (χ2n) is 4.82. The number of rotatable bonds is 5. The number of likely N-dealkylation sites (N-methyl/N-ethyl adjacent to an activating group) is 1. The molecule has 3 nitrogen and oxygen atoms in total. The number of quaternary nitrogens is 1. The normalized spacial score (nSPS) is 11.9. The molecule has 0 saturated carbocycles. The molecule has 0 fully saturated rings. The Labute approximate surface area is 118 Å². The Morgan fingerprint density at radius 3 is 2.45 bits per heavy atom. The zero-order chi connectivity index (χ0) is 14.4. The van der Waals surface area contributed by atoms with E-state index in [1.54, 1.807) is 18.2 Å². The molecule has 0 bridgehead atoms. The molecule has 0 aliphatic heterocycles. The van der Waals surface area contributed by atoms with Crippen LogP contribution in [0, 0.1) is 5.82 Å². The summed E-state index contributed by atoms with van der Waals surface area (Å²) in [4.78, 5) is 12.8. The molecule has 0 aliphatic carbocycles. The Morgan fingerprint density at radius 2 is 1.75 bits per heavy atom. The first-order chi connectivity index (χ1) is 9.65. The van der Waals surface area contributed by atoms with Gasteiger partial charge in [0.15, 0.2) is 6.54 Å². The summed E-state index contributed by atoms with van der Waals surface area (Å²) in [6, 6.07) is 15.9. The molecule has 104 valence electrons. The second kappa shape index (κ2) is 6.82. The van der Waals surface area contributed by atoms with Crippen LogP contribution in [0.25, 0.3) is 0 Å². The van der Waals surface area contributed by atoms with E-state index in [9.17, 15) is 9.18 Å². The van der Waals surface area contributed by atoms with Gasteiger partial charge >= 0.3 is 0 Å². The second-order valence-corrected chi connectivity index (χ2v) is 4.82. The summed E-state index contributed by atoms with van der Waals surface area (Å²) in [5, 5.41) is 2.82. The van der Waals surface area contributed by atoms with Gasteiger partial charge in [-0.2, -0.15) is 0 Å². The van der Waals surface area contributed by atoms with Gasteiger partial charge in [-0.25, -0.2) is 4.39 Å². The molecule has 0 saturated heterocycles. The van der Waals surface area contributed by atoms with Gasteiger partial charge in [-0.05, 0) is 18.2 Å². The molecule has 0 spiro atoms. The third kappa shape index (κ3) is 4.17. The van der Waals surface area contributed by atoms with Crippen LogP contribution in [0.15, 0.2) is 54.6 Å². The summed E-state index contributed by atoms with van der Waals surface area (Å²) < 4.78 is 13.5. The largest absolute Gasteiger partial charge is 0.326 e. The fourth-order valence-electron chi connectivity index (χ4n) is 2.03. The monoisotopic (exact) mass is 273 g/mol. The first kappa shape index (κ1) is 14.2. The maximum atomic E-state index is 13.5. The van der Waals surface area contributed by atoms with E-state index in [2.05, 4.69) is 5.32 Å². The van der Waals surface area contributed by atoms with E-state index < -0.39 is 0 Å². The maximum absolute atomic E-state index is 13.5. The molecule has 2 N–H and O–H groups in total. The highest BCUT2D eigenvalue weighted by Crippen LogP contribution is 2.05. The van der Waals surface area contributed by atoms with Gasteiger partial charge in [-0.3, -0.25) is 4.79 Å².